The number of thiophene rings is 1. The van der Waals surface area contributed by atoms with Crippen molar-refractivity contribution in [3.05, 3.63) is 22.4 Å². The summed E-state index contributed by atoms with van der Waals surface area (Å²) in [5.41, 5.74) is 0. The molecule has 4 heteroatoms. The van der Waals surface area contributed by atoms with Gasteiger partial charge < -0.3 is 4.90 Å². The minimum absolute atomic E-state index is 0.0246. The fraction of sp³-hybridized carbons (Fsp3) is 0.500. The van der Waals surface area contributed by atoms with Crippen LogP contribution in [-0.4, -0.2) is 22.6 Å². The Labute approximate surface area is 99.1 Å². The number of hydrogen-bond donors (Lipinski definition) is 0. The molecule has 1 aliphatic rings. The largest absolute Gasteiger partial charge is 0.334 e. The summed E-state index contributed by atoms with van der Waals surface area (Å²) in [5.74, 6) is -0.0785. The second-order valence-corrected chi connectivity index (χ2v) is 5.24. The van der Waals surface area contributed by atoms with Gasteiger partial charge in [0.25, 0.3) is 0 Å². The van der Waals surface area contributed by atoms with Crippen LogP contribution < -0.4 is 0 Å². The Hall–Kier alpha value is -1.16. The lowest BCUT2D eigenvalue weighted by Crippen LogP contribution is -2.33. The number of carbonyl (C=O) groups is 2. The molecule has 0 aromatic carbocycles. The third kappa shape index (κ3) is 2.92. The molecule has 0 radical (unpaired) electrons. The molecule has 1 aromatic rings. The SMILES string of the molecule is CC(=O)CC(=O)N(Cc1cccs1)C1CC1. The highest BCUT2D eigenvalue weighted by molar-refractivity contribution is 7.09. The van der Waals surface area contributed by atoms with Crippen LogP contribution in [0.4, 0.5) is 0 Å². The number of hydrogen-bond acceptors (Lipinski definition) is 3. The van der Waals surface area contributed by atoms with Gasteiger partial charge in [-0.05, 0) is 31.2 Å². The number of rotatable bonds is 5. The average Bonchev–Trinajstić information content (AvgIpc) is 2.91. The molecule has 3 nitrogen and oxygen atoms in total. The zero-order chi connectivity index (χ0) is 11.5. The summed E-state index contributed by atoms with van der Waals surface area (Å²) in [6.45, 7) is 2.13. The van der Waals surface area contributed by atoms with Crippen molar-refractivity contribution >= 4 is 23.0 Å². The van der Waals surface area contributed by atoms with E-state index in [4.69, 9.17) is 0 Å². The van der Waals surface area contributed by atoms with Crippen molar-refractivity contribution in [3.8, 4) is 0 Å². The smallest absolute Gasteiger partial charge is 0.230 e. The van der Waals surface area contributed by atoms with Gasteiger partial charge >= 0.3 is 0 Å². The van der Waals surface area contributed by atoms with Gasteiger partial charge in [-0.1, -0.05) is 6.07 Å². The predicted octanol–water partition coefficient (Wildman–Crippen LogP) is 2.22. The quantitative estimate of drug-likeness (QED) is 0.736. The van der Waals surface area contributed by atoms with Gasteiger partial charge in [-0.25, -0.2) is 0 Å². The van der Waals surface area contributed by atoms with E-state index >= 15 is 0 Å². The maximum absolute atomic E-state index is 11.9. The summed E-state index contributed by atoms with van der Waals surface area (Å²) >= 11 is 1.65. The van der Waals surface area contributed by atoms with Gasteiger partial charge in [0.05, 0.1) is 13.0 Å². The van der Waals surface area contributed by atoms with Crippen molar-refractivity contribution in [2.45, 2.75) is 38.8 Å². The monoisotopic (exact) mass is 237 g/mol. The number of ketones is 1. The first-order valence-corrected chi connectivity index (χ1v) is 6.36. The van der Waals surface area contributed by atoms with E-state index in [2.05, 4.69) is 0 Å². The van der Waals surface area contributed by atoms with Gasteiger partial charge in [0.2, 0.25) is 5.91 Å². The number of nitrogens with zero attached hydrogens (tertiary/aromatic N) is 1. The summed E-state index contributed by atoms with van der Waals surface area (Å²) in [4.78, 5) is 25.9. The van der Waals surface area contributed by atoms with Crippen molar-refractivity contribution in [1.29, 1.82) is 0 Å². The van der Waals surface area contributed by atoms with E-state index in [1.54, 1.807) is 11.3 Å². The molecule has 1 saturated carbocycles. The van der Waals surface area contributed by atoms with Gasteiger partial charge in [0, 0.05) is 10.9 Å². The standard InChI is InChI=1S/C12H15NO2S/c1-9(14)7-12(15)13(10-4-5-10)8-11-3-2-6-16-11/h2-3,6,10H,4-5,7-8H2,1H3. The lowest BCUT2D eigenvalue weighted by Gasteiger charge is -2.21. The third-order valence-electron chi connectivity index (χ3n) is 2.61. The van der Waals surface area contributed by atoms with Crippen LogP contribution in [0.1, 0.15) is 31.1 Å². The van der Waals surface area contributed by atoms with Crippen molar-refractivity contribution in [1.82, 2.24) is 4.90 Å². The minimum Gasteiger partial charge on any atom is -0.334 e. The van der Waals surface area contributed by atoms with E-state index in [1.807, 2.05) is 22.4 Å². The Bertz CT molecular complexity index is 382. The van der Waals surface area contributed by atoms with E-state index in [0.717, 1.165) is 12.8 Å². The highest BCUT2D eigenvalue weighted by Crippen LogP contribution is 2.29. The summed E-state index contributed by atoms with van der Waals surface area (Å²) in [6.07, 6.45) is 2.20. The summed E-state index contributed by atoms with van der Waals surface area (Å²) in [7, 11) is 0. The Morgan fingerprint density at radius 2 is 2.25 bits per heavy atom. The normalized spacial score (nSPS) is 14.8. The predicted molar refractivity (Wildman–Crippen MR) is 63.2 cm³/mol. The van der Waals surface area contributed by atoms with Crippen LogP contribution >= 0.6 is 11.3 Å². The molecular formula is C12H15NO2S. The fourth-order valence-corrected chi connectivity index (χ4v) is 2.39. The van der Waals surface area contributed by atoms with Crippen molar-refractivity contribution in [2.24, 2.45) is 0 Å². The first kappa shape index (κ1) is 11.3. The molecule has 0 atom stereocenters. The molecule has 1 aliphatic carbocycles. The van der Waals surface area contributed by atoms with Crippen molar-refractivity contribution < 1.29 is 9.59 Å². The molecular weight excluding hydrogens is 222 g/mol. The van der Waals surface area contributed by atoms with Gasteiger partial charge in [-0.3, -0.25) is 9.59 Å². The molecule has 1 fully saturated rings. The molecule has 1 amide bonds. The van der Waals surface area contributed by atoms with E-state index in [-0.39, 0.29) is 18.1 Å². The number of carbonyl (C=O) groups excluding carboxylic acids is 2. The van der Waals surface area contributed by atoms with Crippen LogP contribution in [0.2, 0.25) is 0 Å². The van der Waals surface area contributed by atoms with Crippen molar-refractivity contribution in [2.75, 3.05) is 0 Å². The highest BCUT2D eigenvalue weighted by Gasteiger charge is 2.32. The Balaban J connectivity index is 1.99. The molecule has 0 saturated heterocycles. The zero-order valence-corrected chi connectivity index (χ0v) is 10.1. The zero-order valence-electron chi connectivity index (χ0n) is 9.31. The number of Topliss-reactive ketones (excluding diaryl/α,β-unsaturated/α-hetero) is 1. The van der Waals surface area contributed by atoms with E-state index in [0.29, 0.717) is 12.6 Å². The van der Waals surface area contributed by atoms with E-state index in [1.165, 1.54) is 11.8 Å². The molecule has 1 aromatic heterocycles. The van der Waals surface area contributed by atoms with Crippen LogP contribution in [-0.2, 0) is 16.1 Å². The molecule has 0 unspecified atom stereocenters. The Morgan fingerprint density at radius 1 is 1.50 bits per heavy atom. The van der Waals surface area contributed by atoms with Crippen molar-refractivity contribution in [3.63, 3.8) is 0 Å². The highest BCUT2D eigenvalue weighted by atomic mass is 32.1. The summed E-state index contributed by atoms with van der Waals surface area (Å²) in [6, 6.07) is 4.38. The molecule has 86 valence electrons. The lowest BCUT2D eigenvalue weighted by atomic mass is 10.2. The molecule has 0 N–H and O–H groups in total. The maximum Gasteiger partial charge on any atom is 0.230 e. The Kier molecular flexibility index (Phi) is 3.39. The maximum atomic E-state index is 11.9. The van der Waals surface area contributed by atoms with Gasteiger partial charge in [0.15, 0.2) is 0 Å². The molecule has 0 aliphatic heterocycles. The number of amides is 1. The Morgan fingerprint density at radius 3 is 2.75 bits per heavy atom. The van der Waals surface area contributed by atoms with E-state index < -0.39 is 0 Å². The van der Waals surface area contributed by atoms with Gasteiger partial charge in [-0.2, -0.15) is 0 Å². The molecule has 16 heavy (non-hydrogen) atoms. The van der Waals surface area contributed by atoms with Crippen LogP contribution in [0.15, 0.2) is 17.5 Å². The van der Waals surface area contributed by atoms with Gasteiger partial charge in [-0.15, -0.1) is 11.3 Å². The molecule has 0 spiro atoms. The first-order chi connectivity index (χ1) is 7.66. The summed E-state index contributed by atoms with van der Waals surface area (Å²) < 4.78 is 0. The molecule has 0 bridgehead atoms. The fourth-order valence-electron chi connectivity index (χ4n) is 1.69. The lowest BCUT2D eigenvalue weighted by molar-refractivity contribution is -0.135. The molecule has 1 heterocycles. The van der Waals surface area contributed by atoms with Crippen LogP contribution in [0.5, 0.6) is 0 Å². The summed E-state index contributed by atoms with van der Waals surface area (Å²) in [5, 5.41) is 2.01. The second kappa shape index (κ2) is 4.78. The minimum atomic E-state index is -0.0539. The third-order valence-corrected chi connectivity index (χ3v) is 3.48. The first-order valence-electron chi connectivity index (χ1n) is 5.48. The van der Waals surface area contributed by atoms with Crippen LogP contribution in [0, 0.1) is 0 Å². The van der Waals surface area contributed by atoms with Crippen LogP contribution in [0.3, 0.4) is 0 Å². The van der Waals surface area contributed by atoms with E-state index in [9.17, 15) is 9.59 Å². The van der Waals surface area contributed by atoms with Gasteiger partial charge in [0.1, 0.15) is 5.78 Å². The topological polar surface area (TPSA) is 37.4 Å². The molecule has 2 rings (SSSR count). The second-order valence-electron chi connectivity index (χ2n) is 4.21. The average molecular weight is 237 g/mol. The van der Waals surface area contributed by atoms with Crippen LogP contribution in [0.25, 0.3) is 0 Å².